The van der Waals surface area contributed by atoms with Crippen molar-refractivity contribution in [2.45, 2.75) is 13.5 Å². The van der Waals surface area contributed by atoms with Crippen molar-refractivity contribution >= 4 is 17.7 Å². The molecule has 0 saturated carbocycles. The van der Waals surface area contributed by atoms with Gasteiger partial charge >= 0.3 is 12.0 Å². The zero-order valence-corrected chi connectivity index (χ0v) is 9.17. The highest BCUT2D eigenvalue weighted by Gasteiger charge is 2.08. The Hall–Kier alpha value is -2.05. The van der Waals surface area contributed by atoms with Crippen LogP contribution in [0.3, 0.4) is 0 Å². The Morgan fingerprint density at radius 1 is 1.62 bits per heavy atom. The lowest BCUT2D eigenvalue weighted by Crippen LogP contribution is -2.30. The Morgan fingerprint density at radius 3 is 2.88 bits per heavy atom. The number of carboxylic acids is 1. The number of carboxylic acid groups (broad SMARTS) is 1. The number of hydrogen-bond acceptors (Lipinski definition) is 3. The van der Waals surface area contributed by atoms with Crippen LogP contribution >= 0.6 is 0 Å². The van der Waals surface area contributed by atoms with E-state index in [9.17, 15) is 9.59 Å². The number of rotatable bonds is 4. The Bertz CT molecular complexity index is 388. The van der Waals surface area contributed by atoms with Crippen LogP contribution in [0.1, 0.15) is 6.92 Å². The molecule has 0 bridgehead atoms. The van der Waals surface area contributed by atoms with Crippen LogP contribution in [0.25, 0.3) is 0 Å². The van der Waals surface area contributed by atoms with Crippen molar-refractivity contribution in [2.24, 2.45) is 0 Å². The zero-order valence-electron chi connectivity index (χ0n) is 9.17. The molecule has 0 aromatic carbocycles. The summed E-state index contributed by atoms with van der Waals surface area (Å²) in [6.07, 6.45) is 2.87. The number of carbonyl (C=O) groups is 2. The average molecular weight is 226 g/mol. The first-order valence-electron chi connectivity index (χ1n) is 4.79. The maximum atomic E-state index is 11.4. The summed E-state index contributed by atoms with van der Waals surface area (Å²) < 4.78 is 1.24. The van der Waals surface area contributed by atoms with Crippen LogP contribution in [0.2, 0.25) is 0 Å². The second kappa shape index (κ2) is 5.15. The number of anilines is 1. The van der Waals surface area contributed by atoms with Crippen molar-refractivity contribution in [1.29, 1.82) is 0 Å². The van der Waals surface area contributed by atoms with Crippen LogP contribution in [0.4, 0.5) is 10.5 Å². The minimum atomic E-state index is -0.980. The molecule has 1 rings (SSSR count). The molecule has 0 aliphatic rings. The number of amides is 2. The molecule has 1 heterocycles. The lowest BCUT2D eigenvalue weighted by Gasteiger charge is -2.14. The summed E-state index contributed by atoms with van der Waals surface area (Å²) in [6, 6.07) is -0.252. The lowest BCUT2D eigenvalue weighted by atomic mass is 10.5. The van der Waals surface area contributed by atoms with Gasteiger partial charge in [0.05, 0.1) is 11.9 Å². The molecule has 2 N–H and O–H groups in total. The minimum Gasteiger partial charge on any atom is -0.480 e. The second-order valence-corrected chi connectivity index (χ2v) is 3.26. The highest BCUT2D eigenvalue weighted by molar-refractivity contribution is 5.88. The number of aliphatic carboxylic acids is 1. The van der Waals surface area contributed by atoms with Gasteiger partial charge in [-0.25, -0.2) is 4.79 Å². The number of urea groups is 1. The van der Waals surface area contributed by atoms with Gasteiger partial charge in [-0.2, -0.15) is 5.10 Å². The molecule has 1 aromatic heterocycles. The largest absolute Gasteiger partial charge is 0.480 e. The van der Waals surface area contributed by atoms with E-state index in [-0.39, 0.29) is 12.6 Å². The van der Waals surface area contributed by atoms with Gasteiger partial charge < -0.3 is 15.3 Å². The average Bonchev–Trinajstić information content (AvgIpc) is 2.63. The van der Waals surface area contributed by atoms with Gasteiger partial charge in [0.15, 0.2) is 0 Å². The standard InChI is InChI=1S/C9H14N4O3/c1-3-12(2)9(16)11-7-4-10-13(5-7)6-8(14)15/h4-5H,3,6H2,1-2H3,(H,11,16)(H,14,15). The number of nitrogens with zero attached hydrogens (tertiary/aromatic N) is 3. The van der Waals surface area contributed by atoms with Crippen molar-refractivity contribution in [3.63, 3.8) is 0 Å². The molecule has 16 heavy (non-hydrogen) atoms. The SMILES string of the molecule is CCN(C)C(=O)Nc1cnn(CC(=O)O)c1. The van der Waals surface area contributed by atoms with E-state index >= 15 is 0 Å². The van der Waals surface area contributed by atoms with E-state index < -0.39 is 5.97 Å². The van der Waals surface area contributed by atoms with Gasteiger partial charge in [-0.3, -0.25) is 9.48 Å². The topological polar surface area (TPSA) is 87.5 Å². The summed E-state index contributed by atoms with van der Waals surface area (Å²) in [6.45, 7) is 2.22. The third-order valence-corrected chi connectivity index (χ3v) is 2.00. The fourth-order valence-electron chi connectivity index (χ4n) is 1.02. The van der Waals surface area contributed by atoms with Gasteiger partial charge in [-0.05, 0) is 6.92 Å². The van der Waals surface area contributed by atoms with Gasteiger partial charge in [0, 0.05) is 19.8 Å². The van der Waals surface area contributed by atoms with E-state index in [4.69, 9.17) is 5.11 Å². The van der Waals surface area contributed by atoms with Gasteiger partial charge in [0.25, 0.3) is 0 Å². The summed E-state index contributed by atoms with van der Waals surface area (Å²) in [4.78, 5) is 23.3. The van der Waals surface area contributed by atoms with E-state index in [2.05, 4.69) is 10.4 Å². The van der Waals surface area contributed by atoms with E-state index in [1.165, 1.54) is 22.0 Å². The van der Waals surface area contributed by atoms with Crippen LogP contribution in [0.5, 0.6) is 0 Å². The summed E-state index contributed by atoms with van der Waals surface area (Å²) in [7, 11) is 1.66. The summed E-state index contributed by atoms with van der Waals surface area (Å²) >= 11 is 0. The molecule has 7 heteroatoms. The molecule has 0 fully saturated rings. The molecular formula is C9H14N4O3. The Labute approximate surface area is 92.7 Å². The van der Waals surface area contributed by atoms with E-state index in [0.29, 0.717) is 12.2 Å². The van der Waals surface area contributed by atoms with Crippen molar-refractivity contribution in [1.82, 2.24) is 14.7 Å². The summed E-state index contributed by atoms with van der Waals surface area (Å²) in [5.41, 5.74) is 0.478. The summed E-state index contributed by atoms with van der Waals surface area (Å²) in [5.74, 6) is -0.980. The first-order valence-corrected chi connectivity index (χ1v) is 4.79. The van der Waals surface area contributed by atoms with Gasteiger partial charge in [-0.15, -0.1) is 0 Å². The van der Waals surface area contributed by atoms with Crippen LogP contribution in [0.15, 0.2) is 12.4 Å². The molecule has 7 nitrogen and oxygen atoms in total. The predicted molar refractivity (Wildman–Crippen MR) is 57.2 cm³/mol. The molecule has 0 atom stereocenters. The molecule has 0 aliphatic heterocycles. The van der Waals surface area contributed by atoms with E-state index in [0.717, 1.165) is 0 Å². The fraction of sp³-hybridized carbons (Fsp3) is 0.444. The number of aromatic nitrogens is 2. The number of carbonyl (C=O) groups excluding carboxylic acids is 1. The van der Waals surface area contributed by atoms with E-state index in [1.54, 1.807) is 7.05 Å². The van der Waals surface area contributed by atoms with Crippen molar-refractivity contribution in [3.05, 3.63) is 12.4 Å². The quantitative estimate of drug-likeness (QED) is 0.780. The minimum absolute atomic E-state index is 0.223. The highest BCUT2D eigenvalue weighted by Crippen LogP contribution is 2.05. The third-order valence-electron chi connectivity index (χ3n) is 2.00. The fourth-order valence-corrected chi connectivity index (χ4v) is 1.02. The lowest BCUT2D eigenvalue weighted by molar-refractivity contribution is -0.137. The zero-order chi connectivity index (χ0) is 12.1. The van der Waals surface area contributed by atoms with Crippen molar-refractivity contribution in [2.75, 3.05) is 18.9 Å². The first-order chi connectivity index (χ1) is 7.52. The normalized spacial score (nSPS) is 9.88. The highest BCUT2D eigenvalue weighted by atomic mass is 16.4. The van der Waals surface area contributed by atoms with Gasteiger partial charge in [0.1, 0.15) is 6.54 Å². The monoisotopic (exact) mass is 226 g/mol. The molecule has 1 aromatic rings. The van der Waals surface area contributed by atoms with Crippen LogP contribution in [-0.4, -0.2) is 45.4 Å². The van der Waals surface area contributed by atoms with Crippen LogP contribution in [-0.2, 0) is 11.3 Å². The molecule has 0 spiro atoms. The molecule has 0 unspecified atom stereocenters. The van der Waals surface area contributed by atoms with Gasteiger partial charge in [0.2, 0.25) is 0 Å². The molecule has 0 aliphatic carbocycles. The summed E-state index contributed by atoms with van der Waals surface area (Å²) in [5, 5.41) is 14.9. The molecular weight excluding hydrogens is 212 g/mol. The maximum absolute atomic E-state index is 11.4. The molecule has 88 valence electrons. The number of nitrogens with one attached hydrogen (secondary N) is 1. The predicted octanol–water partition coefficient (Wildman–Crippen LogP) is 0.451. The number of hydrogen-bond donors (Lipinski definition) is 2. The van der Waals surface area contributed by atoms with E-state index in [1.807, 2.05) is 6.92 Å². The van der Waals surface area contributed by atoms with Crippen molar-refractivity contribution in [3.8, 4) is 0 Å². The van der Waals surface area contributed by atoms with Gasteiger partial charge in [-0.1, -0.05) is 0 Å². The van der Waals surface area contributed by atoms with Crippen LogP contribution < -0.4 is 5.32 Å². The smallest absolute Gasteiger partial charge is 0.325 e. The van der Waals surface area contributed by atoms with Crippen LogP contribution in [0, 0.1) is 0 Å². The van der Waals surface area contributed by atoms with Crippen molar-refractivity contribution < 1.29 is 14.7 Å². The molecule has 0 radical (unpaired) electrons. The maximum Gasteiger partial charge on any atom is 0.325 e. The third kappa shape index (κ3) is 3.26. The Balaban J connectivity index is 2.58. The Morgan fingerprint density at radius 2 is 2.31 bits per heavy atom. The molecule has 2 amide bonds. The Kier molecular flexibility index (Phi) is 3.87. The molecule has 0 saturated heterocycles. The second-order valence-electron chi connectivity index (χ2n) is 3.26. The first kappa shape index (κ1) is 12.0.